The van der Waals surface area contributed by atoms with E-state index in [4.69, 9.17) is 4.74 Å². The van der Waals surface area contributed by atoms with E-state index in [-0.39, 0.29) is 17.3 Å². The first-order valence-corrected chi connectivity index (χ1v) is 5.38. The molecular formula is C13H15FO2. The molecule has 0 radical (unpaired) electrons. The molecular weight excluding hydrogens is 207 g/mol. The molecule has 16 heavy (non-hydrogen) atoms. The third-order valence-electron chi connectivity index (χ3n) is 2.75. The quantitative estimate of drug-likeness (QED) is 0.730. The van der Waals surface area contributed by atoms with E-state index >= 15 is 0 Å². The van der Waals surface area contributed by atoms with E-state index in [1.54, 1.807) is 12.1 Å². The molecule has 0 saturated heterocycles. The van der Waals surface area contributed by atoms with Crippen molar-refractivity contribution >= 4 is 5.78 Å². The second kappa shape index (κ2) is 3.58. The summed E-state index contributed by atoms with van der Waals surface area (Å²) in [5, 5.41) is 0. The molecule has 0 N–H and O–H groups in total. The Morgan fingerprint density at radius 2 is 2.12 bits per heavy atom. The summed E-state index contributed by atoms with van der Waals surface area (Å²) in [6.07, 6.45) is -0.0599. The number of ether oxygens (including phenoxy) is 1. The van der Waals surface area contributed by atoms with Crippen LogP contribution in [0.3, 0.4) is 0 Å². The lowest BCUT2D eigenvalue weighted by atomic mass is 9.86. The van der Waals surface area contributed by atoms with Crippen LogP contribution >= 0.6 is 0 Å². The predicted octanol–water partition coefficient (Wildman–Crippen LogP) is 2.74. The largest absolute Gasteiger partial charge is 0.479 e. The average molecular weight is 222 g/mol. The van der Waals surface area contributed by atoms with Crippen LogP contribution in [0.25, 0.3) is 0 Å². The van der Waals surface area contributed by atoms with Crippen molar-refractivity contribution in [2.24, 2.45) is 5.41 Å². The molecule has 1 aromatic carbocycles. The second-order valence-corrected chi connectivity index (χ2v) is 5.15. The number of carbonyl (C=O) groups is 1. The van der Waals surface area contributed by atoms with Gasteiger partial charge < -0.3 is 4.74 Å². The molecule has 0 bridgehead atoms. The Morgan fingerprint density at radius 3 is 2.69 bits per heavy atom. The highest BCUT2D eigenvalue weighted by Gasteiger charge is 2.36. The SMILES string of the molecule is CC(C)(C)C(=O)C1Cc2cccc(F)c2O1. The molecule has 0 saturated carbocycles. The van der Waals surface area contributed by atoms with E-state index in [0.29, 0.717) is 6.42 Å². The van der Waals surface area contributed by atoms with E-state index in [2.05, 4.69) is 0 Å². The number of carbonyl (C=O) groups excluding carboxylic acids is 1. The molecule has 0 aromatic heterocycles. The number of Topliss-reactive ketones (excluding diaryl/α,β-unsaturated/α-hetero) is 1. The lowest BCUT2D eigenvalue weighted by Gasteiger charge is -2.20. The molecule has 0 aliphatic carbocycles. The second-order valence-electron chi connectivity index (χ2n) is 5.15. The first-order valence-electron chi connectivity index (χ1n) is 5.38. The van der Waals surface area contributed by atoms with Gasteiger partial charge in [-0.2, -0.15) is 0 Å². The van der Waals surface area contributed by atoms with Gasteiger partial charge in [0, 0.05) is 17.4 Å². The van der Waals surface area contributed by atoms with Gasteiger partial charge in [0.2, 0.25) is 0 Å². The topological polar surface area (TPSA) is 26.3 Å². The van der Waals surface area contributed by atoms with Crippen molar-refractivity contribution in [2.75, 3.05) is 0 Å². The van der Waals surface area contributed by atoms with Gasteiger partial charge in [0.05, 0.1) is 0 Å². The summed E-state index contributed by atoms with van der Waals surface area (Å²) >= 11 is 0. The molecule has 1 aromatic rings. The average Bonchev–Trinajstić information content (AvgIpc) is 2.60. The maximum atomic E-state index is 13.4. The highest BCUT2D eigenvalue weighted by molar-refractivity contribution is 5.89. The van der Waals surface area contributed by atoms with Crippen LogP contribution in [0.4, 0.5) is 4.39 Å². The summed E-state index contributed by atoms with van der Waals surface area (Å²) in [6, 6.07) is 4.79. The number of para-hydroxylation sites is 1. The molecule has 86 valence electrons. The minimum atomic E-state index is -0.535. The molecule has 1 atom stereocenters. The molecule has 1 unspecified atom stereocenters. The van der Waals surface area contributed by atoms with Gasteiger partial charge in [0.25, 0.3) is 0 Å². The third kappa shape index (κ3) is 1.82. The maximum Gasteiger partial charge on any atom is 0.178 e. The number of fused-ring (bicyclic) bond motifs is 1. The number of hydrogen-bond donors (Lipinski definition) is 0. The van der Waals surface area contributed by atoms with E-state index in [9.17, 15) is 9.18 Å². The first-order chi connectivity index (χ1) is 7.39. The zero-order valence-electron chi connectivity index (χ0n) is 9.71. The molecule has 0 amide bonds. The third-order valence-corrected chi connectivity index (χ3v) is 2.75. The number of rotatable bonds is 1. The van der Waals surface area contributed by atoms with Crippen LogP contribution in [0.15, 0.2) is 18.2 Å². The number of benzene rings is 1. The summed E-state index contributed by atoms with van der Waals surface area (Å²) in [6.45, 7) is 5.54. The normalized spacial score (nSPS) is 19.1. The van der Waals surface area contributed by atoms with Crippen LogP contribution in [0.1, 0.15) is 26.3 Å². The summed E-state index contributed by atoms with van der Waals surface area (Å²) in [5.74, 6) is -0.130. The Morgan fingerprint density at radius 1 is 1.44 bits per heavy atom. The van der Waals surface area contributed by atoms with Crippen LogP contribution in [0, 0.1) is 11.2 Å². The molecule has 1 aliphatic rings. The van der Waals surface area contributed by atoms with Crippen LogP contribution < -0.4 is 4.74 Å². The van der Waals surface area contributed by atoms with Crippen LogP contribution in [0.5, 0.6) is 5.75 Å². The summed E-state index contributed by atoms with van der Waals surface area (Å²) in [5.41, 5.74) is 0.325. The van der Waals surface area contributed by atoms with E-state index in [0.717, 1.165) is 5.56 Å². The smallest absolute Gasteiger partial charge is 0.178 e. The van der Waals surface area contributed by atoms with Crippen molar-refractivity contribution in [3.8, 4) is 5.75 Å². The van der Waals surface area contributed by atoms with Gasteiger partial charge >= 0.3 is 0 Å². The Bertz CT molecular complexity index is 432. The van der Waals surface area contributed by atoms with E-state index in [1.165, 1.54) is 6.07 Å². The number of hydrogen-bond acceptors (Lipinski definition) is 2. The highest BCUT2D eigenvalue weighted by atomic mass is 19.1. The van der Waals surface area contributed by atoms with Crippen molar-refractivity contribution < 1.29 is 13.9 Å². The van der Waals surface area contributed by atoms with E-state index in [1.807, 2.05) is 20.8 Å². The molecule has 1 heterocycles. The number of ketones is 1. The Balaban J connectivity index is 2.24. The molecule has 0 spiro atoms. The lowest BCUT2D eigenvalue weighted by molar-refractivity contribution is -0.132. The highest BCUT2D eigenvalue weighted by Crippen LogP contribution is 2.34. The molecule has 2 rings (SSSR count). The molecule has 2 nitrogen and oxygen atoms in total. The summed E-state index contributed by atoms with van der Waals surface area (Å²) in [4.78, 5) is 12.0. The van der Waals surface area contributed by atoms with Crippen molar-refractivity contribution in [3.05, 3.63) is 29.6 Å². The maximum absolute atomic E-state index is 13.4. The van der Waals surface area contributed by atoms with Gasteiger partial charge in [-0.05, 0) is 6.07 Å². The first kappa shape index (κ1) is 11.1. The summed E-state index contributed by atoms with van der Waals surface area (Å²) < 4.78 is 18.8. The fourth-order valence-electron chi connectivity index (χ4n) is 1.86. The Labute approximate surface area is 94.4 Å². The minimum absolute atomic E-state index is 0.0168. The predicted molar refractivity (Wildman–Crippen MR) is 59.0 cm³/mol. The van der Waals surface area contributed by atoms with Gasteiger partial charge in [-0.1, -0.05) is 32.9 Å². The fourth-order valence-corrected chi connectivity index (χ4v) is 1.86. The van der Waals surface area contributed by atoms with Gasteiger partial charge in [-0.3, -0.25) is 4.79 Å². The molecule has 3 heteroatoms. The van der Waals surface area contributed by atoms with Gasteiger partial charge in [0.15, 0.2) is 23.5 Å². The Hall–Kier alpha value is -1.38. The van der Waals surface area contributed by atoms with Crippen LogP contribution in [0.2, 0.25) is 0 Å². The summed E-state index contributed by atoms with van der Waals surface area (Å²) in [7, 11) is 0. The Kier molecular flexibility index (Phi) is 2.49. The van der Waals surface area contributed by atoms with Crippen molar-refractivity contribution in [1.29, 1.82) is 0 Å². The number of halogens is 1. The zero-order chi connectivity index (χ0) is 11.9. The molecule has 0 fully saturated rings. The minimum Gasteiger partial charge on any atom is -0.479 e. The van der Waals surface area contributed by atoms with E-state index < -0.39 is 11.5 Å². The standard InChI is InChI=1S/C13H15FO2/c1-13(2,3)12(15)10-7-8-5-4-6-9(14)11(8)16-10/h4-6,10H,7H2,1-3H3. The van der Waals surface area contributed by atoms with Crippen molar-refractivity contribution in [1.82, 2.24) is 0 Å². The lowest BCUT2D eigenvalue weighted by Crippen LogP contribution is -2.35. The van der Waals surface area contributed by atoms with Crippen LogP contribution in [-0.2, 0) is 11.2 Å². The van der Waals surface area contributed by atoms with Gasteiger partial charge in [-0.25, -0.2) is 4.39 Å². The van der Waals surface area contributed by atoms with Crippen LogP contribution in [-0.4, -0.2) is 11.9 Å². The van der Waals surface area contributed by atoms with Gasteiger partial charge in [-0.15, -0.1) is 0 Å². The van der Waals surface area contributed by atoms with Crippen molar-refractivity contribution in [2.45, 2.75) is 33.3 Å². The monoisotopic (exact) mass is 222 g/mol. The zero-order valence-corrected chi connectivity index (χ0v) is 9.71. The fraction of sp³-hybridized carbons (Fsp3) is 0.462. The van der Waals surface area contributed by atoms with Gasteiger partial charge in [0.1, 0.15) is 0 Å². The van der Waals surface area contributed by atoms with Crippen molar-refractivity contribution in [3.63, 3.8) is 0 Å². The molecule has 1 aliphatic heterocycles.